The molecule has 1 aromatic heterocycles. The molecule has 3 rings (SSSR count). The van der Waals surface area contributed by atoms with Gasteiger partial charge in [-0.3, -0.25) is 0 Å². The summed E-state index contributed by atoms with van der Waals surface area (Å²) < 4.78 is 5.56. The normalized spacial score (nSPS) is 21.8. The molecule has 114 valence electrons. The molecule has 1 aliphatic heterocycles. The summed E-state index contributed by atoms with van der Waals surface area (Å²) in [6, 6.07) is 9.56. The number of rotatable bonds is 2. The van der Waals surface area contributed by atoms with Crippen molar-refractivity contribution in [2.45, 2.75) is 19.4 Å². The number of piperidine rings is 1. The number of ether oxygens (including phenoxy) is 1. The SMILES string of the molecule is COC1CN(c2cc(C#N)c3cc(Cl)ccc3n2)CCC1C. The van der Waals surface area contributed by atoms with Crippen molar-refractivity contribution in [3.05, 3.63) is 34.9 Å². The summed E-state index contributed by atoms with van der Waals surface area (Å²) in [6.07, 6.45) is 1.25. The fraction of sp³-hybridized carbons (Fsp3) is 0.412. The molecule has 0 bridgehead atoms. The van der Waals surface area contributed by atoms with Crippen LogP contribution in [0.5, 0.6) is 0 Å². The van der Waals surface area contributed by atoms with Crippen molar-refractivity contribution in [1.29, 1.82) is 5.26 Å². The predicted octanol–water partition coefficient (Wildman–Crippen LogP) is 3.62. The number of halogens is 1. The first-order chi connectivity index (χ1) is 10.6. The summed E-state index contributed by atoms with van der Waals surface area (Å²) in [5.41, 5.74) is 1.40. The summed E-state index contributed by atoms with van der Waals surface area (Å²) in [5.74, 6) is 1.37. The maximum absolute atomic E-state index is 9.43. The molecule has 5 heteroatoms. The number of fused-ring (bicyclic) bond motifs is 1. The van der Waals surface area contributed by atoms with Crippen LogP contribution in [0, 0.1) is 17.2 Å². The van der Waals surface area contributed by atoms with Crippen LogP contribution in [0.2, 0.25) is 5.02 Å². The van der Waals surface area contributed by atoms with E-state index in [1.807, 2.05) is 12.1 Å². The largest absolute Gasteiger partial charge is 0.379 e. The standard InChI is InChI=1S/C17H18ClN3O/c1-11-5-6-21(10-16(11)22-2)17-7-12(9-19)14-8-13(18)3-4-15(14)20-17/h3-4,7-8,11,16H,5-6,10H2,1-2H3. The Bertz CT molecular complexity index is 740. The molecule has 1 aromatic carbocycles. The lowest BCUT2D eigenvalue weighted by atomic mass is 9.95. The first kappa shape index (κ1) is 15.1. The van der Waals surface area contributed by atoms with Gasteiger partial charge in [0.1, 0.15) is 5.82 Å². The minimum atomic E-state index is 0.196. The number of pyridine rings is 1. The molecule has 2 heterocycles. The van der Waals surface area contributed by atoms with E-state index >= 15 is 0 Å². The lowest BCUT2D eigenvalue weighted by Gasteiger charge is -2.37. The first-order valence-corrected chi connectivity index (χ1v) is 7.78. The van der Waals surface area contributed by atoms with Crippen LogP contribution in [0.15, 0.2) is 24.3 Å². The molecule has 4 nitrogen and oxygen atoms in total. The number of benzene rings is 1. The zero-order valence-corrected chi connectivity index (χ0v) is 13.5. The van der Waals surface area contributed by atoms with Gasteiger partial charge in [0.25, 0.3) is 0 Å². The second kappa shape index (κ2) is 6.12. The van der Waals surface area contributed by atoms with E-state index in [1.54, 1.807) is 19.2 Å². The van der Waals surface area contributed by atoms with E-state index in [9.17, 15) is 5.26 Å². The van der Waals surface area contributed by atoms with Crippen molar-refractivity contribution in [3.63, 3.8) is 0 Å². The molecule has 0 N–H and O–H groups in total. The van der Waals surface area contributed by atoms with Gasteiger partial charge >= 0.3 is 0 Å². The topological polar surface area (TPSA) is 49.1 Å². The van der Waals surface area contributed by atoms with Crippen LogP contribution >= 0.6 is 11.6 Å². The highest BCUT2D eigenvalue weighted by Crippen LogP contribution is 2.28. The first-order valence-electron chi connectivity index (χ1n) is 7.40. The second-order valence-corrected chi connectivity index (χ2v) is 6.22. The Kier molecular flexibility index (Phi) is 4.19. The van der Waals surface area contributed by atoms with Crippen molar-refractivity contribution in [2.24, 2.45) is 5.92 Å². The van der Waals surface area contributed by atoms with Gasteiger partial charge in [0.15, 0.2) is 0 Å². The quantitative estimate of drug-likeness (QED) is 0.849. The molecular weight excluding hydrogens is 298 g/mol. The fourth-order valence-electron chi connectivity index (χ4n) is 2.99. The molecule has 1 fully saturated rings. The Morgan fingerprint density at radius 1 is 1.41 bits per heavy atom. The van der Waals surface area contributed by atoms with E-state index in [0.29, 0.717) is 16.5 Å². The molecule has 0 aliphatic carbocycles. The van der Waals surface area contributed by atoms with Gasteiger partial charge in [-0.25, -0.2) is 4.98 Å². The van der Waals surface area contributed by atoms with Crippen molar-refractivity contribution in [2.75, 3.05) is 25.1 Å². The molecule has 0 spiro atoms. The summed E-state index contributed by atoms with van der Waals surface area (Å²) >= 11 is 6.03. The van der Waals surface area contributed by atoms with Crippen molar-refractivity contribution >= 4 is 28.3 Å². The number of methoxy groups -OCH3 is 1. The molecule has 22 heavy (non-hydrogen) atoms. The Labute approximate surface area is 135 Å². The van der Waals surface area contributed by atoms with Gasteiger partial charge < -0.3 is 9.64 Å². The number of hydrogen-bond acceptors (Lipinski definition) is 4. The van der Waals surface area contributed by atoms with Gasteiger partial charge in [-0.2, -0.15) is 5.26 Å². The van der Waals surface area contributed by atoms with E-state index in [0.717, 1.165) is 36.2 Å². The van der Waals surface area contributed by atoms with Crippen LogP contribution in [-0.4, -0.2) is 31.3 Å². The monoisotopic (exact) mass is 315 g/mol. The third kappa shape index (κ3) is 2.75. The molecule has 2 aromatic rings. The molecule has 0 radical (unpaired) electrons. The minimum Gasteiger partial charge on any atom is -0.379 e. The molecular formula is C17H18ClN3O. The molecule has 1 aliphatic rings. The van der Waals surface area contributed by atoms with Gasteiger partial charge in [0.05, 0.1) is 23.3 Å². The van der Waals surface area contributed by atoms with Crippen LogP contribution in [0.25, 0.3) is 10.9 Å². The van der Waals surface area contributed by atoms with Gasteiger partial charge in [0, 0.05) is 30.6 Å². The summed E-state index contributed by atoms with van der Waals surface area (Å²) in [4.78, 5) is 6.90. The Morgan fingerprint density at radius 2 is 2.23 bits per heavy atom. The van der Waals surface area contributed by atoms with Crippen LogP contribution in [0.3, 0.4) is 0 Å². The van der Waals surface area contributed by atoms with E-state index < -0.39 is 0 Å². The minimum absolute atomic E-state index is 0.196. The van der Waals surface area contributed by atoms with Crippen LogP contribution in [0.4, 0.5) is 5.82 Å². The lowest BCUT2D eigenvalue weighted by molar-refractivity contribution is 0.0496. The van der Waals surface area contributed by atoms with E-state index in [1.165, 1.54) is 0 Å². The maximum atomic E-state index is 9.43. The number of nitrogens with zero attached hydrogens (tertiary/aromatic N) is 3. The summed E-state index contributed by atoms with van der Waals surface area (Å²) in [5, 5.41) is 10.8. The van der Waals surface area contributed by atoms with Gasteiger partial charge in [0.2, 0.25) is 0 Å². The zero-order valence-electron chi connectivity index (χ0n) is 12.7. The lowest BCUT2D eigenvalue weighted by Crippen LogP contribution is -2.44. The maximum Gasteiger partial charge on any atom is 0.130 e. The molecule has 0 amide bonds. The zero-order chi connectivity index (χ0) is 15.7. The van der Waals surface area contributed by atoms with Crippen molar-refractivity contribution in [1.82, 2.24) is 4.98 Å². The highest BCUT2D eigenvalue weighted by atomic mass is 35.5. The number of nitriles is 1. The summed E-state index contributed by atoms with van der Waals surface area (Å²) in [7, 11) is 1.75. The molecule has 2 unspecified atom stereocenters. The molecule has 1 saturated heterocycles. The molecule has 0 saturated carbocycles. The van der Waals surface area contributed by atoms with Gasteiger partial charge in [-0.1, -0.05) is 18.5 Å². The Balaban J connectivity index is 2.01. The highest BCUT2D eigenvalue weighted by molar-refractivity contribution is 6.31. The summed E-state index contributed by atoms with van der Waals surface area (Å²) in [6.45, 7) is 3.94. The number of anilines is 1. The fourth-order valence-corrected chi connectivity index (χ4v) is 3.16. The Hall–Kier alpha value is -1.83. The van der Waals surface area contributed by atoms with Crippen LogP contribution in [0.1, 0.15) is 18.9 Å². The smallest absolute Gasteiger partial charge is 0.130 e. The van der Waals surface area contributed by atoms with E-state index in [4.69, 9.17) is 21.3 Å². The predicted molar refractivity (Wildman–Crippen MR) is 88.3 cm³/mol. The van der Waals surface area contributed by atoms with E-state index in [2.05, 4.69) is 17.9 Å². The third-order valence-electron chi connectivity index (χ3n) is 4.39. The van der Waals surface area contributed by atoms with Crippen molar-refractivity contribution < 1.29 is 4.74 Å². The average Bonchev–Trinajstić information content (AvgIpc) is 2.54. The number of hydrogen-bond donors (Lipinski definition) is 0. The second-order valence-electron chi connectivity index (χ2n) is 5.79. The highest BCUT2D eigenvalue weighted by Gasteiger charge is 2.27. The van der Waals surface area contributed by atoms with Crippen LogP contribution < -0.4 is 4.90 Å². The average molecular weight is 316 g/mol. The van der Waals surface area contributed by atoms with Crippen molar-refractivity contribution in [3.8, 4) is 6.07 Å². The van der Waals surface area contributed by atoms with Crippen LogP contribution in [-0.2, 0) is 4.74 Å². The van der Waals surface area contributed by atoms with Gasteiger partial charge in [-0.05, 0) is 36.6 Å². The molecule has 2 atom stereocenters. The third-order valence-corrected chi connectivity index (χ3v) is 4.63. The van der Waals surface area contributed by atoms with E-state index in [-0.39, 0.29) is 6.10 Å². The van der Waals surface area contributed by atoms with Gasteiger partial charge in [-0.15, -0.1) is 0 Å². The Morgan fingerprint density at radius 3 is 2.95 bits per heavy atom. The number of aromatic nitrogens is 1.